The predicted octanol–water partition coefficient (Wildman–Crippen LogP) is 4.43. The van der Waals surface area contributed by atoms with E-state index in [2.05, 4.69) is 12.2 Å². The lowest BCUT2D eigenvalue weighted by atomic mass is 9.88. The molecule has 19 heavy (non-hydrogen) atoms. The summed E-state index contributed by atoms with van der Waals surface area (Å²) in [5.74, 6) is 0.470. The number of carbonyl (C=O) groups excluding carboxylic acids is 1. The molecule has 0 aromatic heterocycles. The Balaban J connectivity index is 1.95. The SMILES string of the molecule is Cc1cccc(NC(=O)OC2CCCCC2C)c1C. The van der Waals surface area contributed by atoms with E-state index in [1.54, 1.807) is 0 Å². The summed E-state index contributed by atoms with van der Waals surface area (Å²) in [4.78, 5) is 12.0. The third-order valence-corrected chi connectivity index (χ3v) is 4.13. The van der Waals surface area contributed by atoms with Crippen molar-refractivity contribution in [2.24, 2.45) is 5.92 Å². The van der Waals surface area contributed by atoms with E-state index in [1.165, 1.54) is 12.0 Å². The van der Waals surface area contributed by atoms with E-state index in [-0.39, 0.29) is 12.2 Å². The van der Waals surface area contributed by atoms with Crippen molar-refractivity contribution in [1.29, 1.82) is 0 Å². The number of benzene rings is 1. The number of nitrogens with one attached hydrogen (secondary N) is 1. The molecule has 2 atom stereocenters. The van der Waals surface area contributed by atoms with E-state index in [9.17, 15) is 4.79 Å². The van der Waals surface area contributed by atoms with Crippen molar-refractivity contribution in [3.8, 4) is 0 Å². The molecule has 1 amide bonds. The first-order chi connectivity index (χ1) is 9.08. The maximum Gasteiger partial charge on any atom is 0.411 e. The first-order valence-corrected chi connectivity index (χ1v) is 7.12. The Kier molecular flexibility index (Phi) is 4.46. The zero-order chi connectivity index (χ0) is 13.8. The zero-order valence-electron chi connectivity index (χ0n) is 12.0. The molecule has 1 aromatic carbocycles. The third kappa shape index (κ3) is 3.49. The van der Waals surface area contributed by atoms with Crippen LogP contribution in [-0.4, -0.2) is 12.2 Å². The van der Waals surface area contributed by atoms with Gasteiger partial charge in [-0.15, -0.1) is 0 Å². The van der Waals surface area contributed by atoms with Gasteiger partial charge >= 0.3 is 6.09 Å². The van der Waals surface area contributed by atoms with Crippen LogP contribution in [0.4, 0.5) is 10.5 Å². The Hall–Kier alpha value is -1.51. The van der Waals surface area contributed by atoms with Gasteiger partial charge < -0.3 is 4.74 Å². The highest BCUT2D eigenvalue weighted by Crippen LogP contribution is 2.27. The number of hydrogen-bond acceptors (Lipinski definition) is 2. The topological polar surface area (TPSA) is 38.3 Å². The van der Waals surface area contributed by atoms with Gasteiger partial charge in [-0.3, -0.25) is 5.32 Å². The average Bonchev–Trinajstić information content (AvgIpc) is 2.38. The van der Waals surface area contributed by atoms with Crippen LogP contribution in [0.2, 0.25) is 0 Å². The molecule has 104 valence electrons. The number of rotatable bonds is 2. The highest BCUT2D eigenvalue weighted by atomic mass is 16.6. The minimum Gasteiger partial charge on any atom is -0.446 e. The van der Waals surface area contributed by atoms with Crippen LogP contribution in [0.1, 0.15) is 43.7 Å². The molecule has 1 aliphatic carbocycles. The van der Waals surface area contributed by atoms with E-state index in [0.717, 1.165) is 30.5 Å². The largest absolute Gasteiger partial charge is 0.446 e. The van der Waals surface area contributed by atoms with Crippen LogP contribution >= 0.6 is 0 Å². The van der Waals surface area contributed by atoms with Crippen molar-refractivity contribution in [3.63, 3.8) is 0 Å². The Labute approximate surface area is 115 Å². The molecule has 0 bridgehead atoms. The number of ether oxygens (including phenoxy) is 1. The third-order valence-electron chi connectivity index (χ3n) is 4.13. The molecule has 1 aromatic rings. The maximum absolute atomic E-state index is 12.0. The van der Waals surface area contributed by atoms with Gasteiger partial charge in [0.2, 0.25) is 0 Å². The lowest BCUT2D eigenvalue weighted by Crippen LogP contribution is -2.30. The molecule has 1 N–H and O–H groups in total. The van der Waals surface area contributed by atoms with Gasteiger partial charge in [-0.05, 0) is 56.2 Å². The van der Waals surface area contributed by atoms with Crippen molar-refractivity contribution >= 4 is 11.8 Å². The van der Waals surface area contributed by atoms with Gasteiger partial charge in [0.15, 0.2) is 0 Å². The first-order valence-electron chi connectivity index (χ1n) is 7.12. The fourth-order valence-electron chi connectivity index (χ4n) is 2.62. The van der Waals surface area contributed by atoms with E-state index >= 15 is 0 Å². The standard InChI is InChI=1S/C16H23NO2/c1-11-8-6-9-14(13(11)3)17-16(18)19-15-10-5-4-7-12(15)2/h6,8-9,12,15H,4-5,7,10H2,1-3H3,(H,17,18). The van der Waals surface area contributed by atoms with Crippen LogP contribution in [0.5, 0.6) is 0 Å². The number of amides is 1. The Morgan fingerprint density at radius 2 is 2.00 bits per heavy atom. The van der Waals surface area contributed by atoms with Crippen LogP contribution in [0.15, 0.2) is 18.2 Å². The van der Waals surface area contributed by atoms with Gasteiger partial charge in [-0.1, -0.05) is 25.5 Å². The maximum atomic E-state index is 12.0. The highest BCUT2D eigenvalue weighted by Gasteiger charge is 2.24. The number of hydrogen-bond donors (Lipinski definition) is 1. The lowest BCUT2D eigenvalue weighted by Gasteiger charge is -2.28. The summed E-state index contributed by atoms with van der Waals surface area (Å²) >= 11 is 0. The van der Waals surface area contributed by atoms with E-state index in [4.69, 9.17) is 4.74 Å². The summed E-state index contributed by atoms with van der Waals surface area (Å²) in [5.41, 5.74) is 3.11. The molecule has 3 nitrogen and oxygen atoms in total. The molecular weight excluding hydrogens is 238 g/mol. The lowest BCUT2D eigenvalue weighted by molar-refractivity contribution is 0.0524. The van der Waals surface area contributed by atoms with Gasteiger partial charge in [0.1, 0.15) is 6.10 Å². The molecule has 2 rings (SSSR count). The monoisotopic (exact) mass is 261 g/mol. The summed E-state index contributed by atoms with van der Waals surface area (Å²) in [6.45, 7) is 6.21. The summed E-state index contributed by atoms with van der Waals surface area (Å²) in [5, 5.41) is 2.86. The van der Waals surface area contributed by atoms with Crippen LogP contribution in [0, 0.1) is 19.8 Å². The van der Waals surface area contributed by atoms with Gasteiger partial charge in [0, 0.05) is 5.69 Å². The predicted molar refractivity (Wildman–Crippen MR) is 77.4 cm³/mol. The first kappa shape index (κ1) is 13.9. The molecular formula is C16H23NO2. The summed E-state index contributed by atoms with van der Waals surface area (Å²) in [6.07, 6.45) is 4.29. The van der Waals surface area contributed by atoms with Crippen molar-refractivity contribution in [1.82, 2.24) is 0 Å². The number of aryl methyl sites for hydroxylation is 1. The van der Waals surface area contributed by atoms with Crippen molar-refractivity contribution in [2.45, 2.75) is 52.6 Å². The minimum atomic E-state index is -0.326. The fraction of sp³-hybridized carbons (Fsp3) is 0.562. The summed E-state index contributed by atoms with van der Waals surface area (Å²) in [6, 6.07) is 5.89. The van der Waals surface area contributed by atoms with Crippen molar-refractivity contribution in [2.75, 3.05) is 5.32 Å². The van der Waals surface area contributed by atoms with Crippen LogP contribution in [0.3, 0.4) is 0 Å². The summed E-state index contributed by atoms with van der Waals surface area (Å²) < 4.78 is 5.55. The molecule has 3 heteroatoms. The summed E-state index contributed by atoms with van der Waals surface area (Å²) in [7, 11) is 0. The van der Waals surface area contributed by atoms with Crippen LogP contribution in [0.25, 0.3) is 0 Å². The molecule has 0 spiro atoms. The Morgan fingerprint density at radius 1 is 1.26 bits per heavy atom. The van der Waals surface area contributed by atoms with Crippen molar-refractivity contribution in [3.05, 3.63) is 29.3 Å². The molecule has 1 saturated carbocycles. The van der Waals surface area contributed by atoms with Crippen LogP contribution < -0.4 is 5.32 Å². The second-order valence-electron chi connectivity index (χ2n) is 5.58. The van der Waals surface area contributed by atoms with Gasteiger partial charge in [-0.2, -0.15) is 0 Å². The van der Waals surface area contributed by atoms with Gasteiger partial charge in [0.25, 0.3) is 0 Å². The molecule has 0 heterocycles. The van der Waals surface area contributed by atoms with Gasteiger partial charge in [-0.25, -0.2) is 4.79 Å². The smallest absolute Gasteiger partial charge is 0.411 e. The Bertz CT molecular complexity index is 456. The highest BCUT2D eigenvalue weighted by molar-refractivity contribution is 5.86. The fourth-order valence-corrected chi connectivity index (χ4v) is 2.62. The molecule has 0 radical (unpaired) electrons. The average molecular weight is 261 g/mol. The number of carbonyl (C=O) groups is 1. The molecule has 1 aliphatic rings. The normalized spacial score (nSPS) is 22.9. The zero-order valence-corrected chi connectivity index (χ0v) is 12.0. The van der Waals surface area contributed by atoms with Crippen LogP contribution in [-0.2, 0) is 4.74 Å². The van der Waals surface area contributed by atoms with E-state index < -0.39 is 0 Å². The van der Waals surface area contributed by atoms with Gasteiger partial charge in [0.05, 0.1) is 0 Å². The molecule has 0 saturated heterocycles. The molecule has 2 unspecified atom stereocenters. The number of anilines is 1. The van der Waals surface area contributed by atoms with E-state index in [1.807, 2.05) is 32.0 Å². The molecule has 1 fully saturated rings. The Morgan fingerprint density at radius 3 is 2.74 bits per heavy atom. The minimum absolute atomic E-state index is 0.0684. The quantitative estimate of drug-likeness (QED) is 0.855. The second-order valence-corrected chi connectivity index (χ2v) is 5.58. The van der Waals surface area contributed by atoms with Crippen molar-refractivity contribution < 1.29 is 9.53 Å². The molecule has 0 aliphatic heterocycles. The van der Waals surface area contributed by atoms with E-state index in [0.29, 0.717) is 5.92 Å². The second kappa shape index (κ2) is 6.09.